The van der Waals surface area contributed by atoms with Gasteiger partial charge in [0.15, 0.2) is 5.78 Å². The zero-order chi connectivity index (χ0) is 24.4. The number of benzene rings is 2. The number of Topliss-reactive ketones (excluding diaryl/α,β-unsaturated/α-hetero) is 1. The summed E-state index contributed by atoms with van der Waals surface area (Å²) in [6.07, 6.45) is 9.78. The van der Waals surface area contributed by atoms with Gasteiger partial charge >= 0.3 is 0 Å². The van der Waals surface area contributed by atoms with E-state index < -0.39 is 0 Å². The van der Waals surface area contributed by atoms with Crippen molar-refractivity contribution in [1.29, 1.82) is 0 Å². The number of piperidine rings is 1. The summed E-state index contributed by atoms with van der Waals surface area (Å²) >= 11 is 0. The number of hydrogen-bond donors (Lipinski definition) is 1. The van der Waals surface area contributed by atoms with E-state index in [1.165, 1.54) is 57.1 Å². The Hall–Kier alpha value is -2.33. The summed E-state index contributed by atoms with van der Waals surface area (Å²) in [7, 11) is 0. The summed E-state index contributed by atoms with van der Waals surface area (Å²) in [6.45, 7) is 5.54. The van der Waals surface area contributed by atoms with Crippen LogP contribution in [0, 0.1) is 23.2 Å². The lowest BCUT2D eigenvalue weighted by molar-refractivity contribution is 0.0402. The van der Waals surface area contributed by atoms with Crippen molar-refractivity contribution < 1.29 is 14.6 Å². The molecule has 3 saturated carbocycles. The van der Waals surface area contributed by atoms with Crippen LogP contribution in [0.1, 0.15) is 91.6 Å². The standard InChI is InChI=1S/C32H39NO3/c1-32-12-2-3-29(32)27-17-30(35)26-16-23(34)8-11-25(26)31(27)28(18-32)21-5-9-24(10-6-21)36-14-13-33-19-20-4-7-22(33)15-20/h5-6,8-11,16,20,22,27-29,31,34H,2-4,7,12-15,17-19H2,1H3/t20?,22?,27-,28+,29-,31+,32-/m0/s1. The fourth-order valence-electron chi connectivity index (χ4n) is 9.26. The van der Waals surface area contributed by atoms with Crippen molar-refractivity contribution in [3.63, 3.8) is 0 Å². The van der Waals surface area contributed by atoms with Crippen LogP contribution in [0.2, 0.25) is 0 Å². The van der Waals surface area contributed by atoms with Gasteiger partial charge in [0.1, 0.15) is 18.1 Å². The van der Waals surface area contributed by atoms with Crippen LogP contribution in [0.4, 0.5) is 0 Å². The van der Waals surface area contributed by atoms with Crippen molar-refractivity contribution in [2.75, 3.05) is 19.7 Å². The highest BCUT2D eigenvalue weighted by Crippen LogP contribution is 2.65. The van der Waals surface area contributed by atoms with E-state index in [9.17, 15) is 9.90 Å². The van der Waals surface area contributed by atoms with Crippen molar-refractivity contribution in [2.24, 2.45) is 23.2 Å². The van der Waals surface area contributed by atoms with Gasteiger partial charge in [0, 0.05) is 31.1 Å². The third-order valence-corrected chi connectivity index (χ3v) is 10.9. The summed E-state index contributed by atoms with van der Waals surface area (Å²) in [4.78, 5) is 15.8. The normalized spacial score (nSPS) is 37.0. The van der Waals surface area contributed by atoms with Crippen molar-refractivity contribution in [2.45, 2.75) is 76.2 Å². The van der Waals surface area contributed by atoms with E-state index in [-0.39, 0.29) is 11.5 Å². The molecule has 2 bridgehead atoms. The van der Waals surface area contributed by atoms with Crippen molar-refractivity contribution in [3.05, 3.63) is 59.2 Å². The molecular formula is C32H39NO3. The van der Waals surface area contributed by atoms with Gasteiger partial charge in [-0.05, 0) is 109 Å². The Morgan fingerprint density at radius 3 is 2.75 bits per heavy atom. The average molecular weight is 486 g/mol. The first-order valence-electron chi connectivity index (χ1n) is 14.3. The highest BCUT2D eigenvalue weighted by Gasteiger charge is 2.55. The Balaban J connectivity index is 1.13. The van der Waals surface area contributed by atoms with Gasteiger partial charge in [-0.2, -0.15) is 0 Å². The van der Waals surface area contributed by atoms with Gasteiger partial charge in [0.2, 0.25) is 0 Å². The molecule has 4 nitrogen and oxygen atoms in total. The molecular weight excluding hydrogens is 446 g/mol. The number of phenols is 1. The molecule has 0 radical (unpaired) electrons. The van der Waals surface area contributed by atoms with Gasteiger partial charge in [-0.25, -0.2) is 0 Å². The topological polar surface area (TPSA) is 49.8 Å². The van der Waals surface area contributed by atoms with E-state index in [0.717, 1.165) is 42.0 Å². The molecule has 0 spiro atoms. The van der Waals surface area contributed by atoms with Crippen molar-refractivity contribution in [3.8, 4) is 11.5 Å². The Morgan fingerprint density at radius 2 is 1.97 bits per heavy atom. The summed E-state index contributed by atoms with van der Waals surface area (Å²) < 4.78 is 6.18. The summed E-state index contributed by atoms with van der Waals surface area (Å²) in [5.74, 6) is 4.05. The summed E-state index contributed by atoms with van der Waals surface area (Å²) in [6, 6.07) is 15.2. The lowest BCUT2D eigenvalue weighted by Crippen LogP contribution is -2.44. The molecule has 5 aliphatic rings. The fraction of sp³-hybridized carbons (Fsp3) is 0.594. The third-order valence-electron chi connectivity index (χ3n) is 10.9. The molecule has 36 heavy (non-hydrogen) atoms. The molecule has 1 heterocycles. The predicted octanol–water partition coefficient (Wildman–Crippen LogP) is 6.54. The number of fused-ring (bicyclic) bond motifs is 7. The number of phenolic OH excluding ortho intramolecular Hbond substituents is 1. The van der Waals surface area contributed by atoms with Gasteiger partial charge in [-0.1, -0.05) is 31.5 Å². The second kappa shape index (κ2) is 8.62. The molecule has 4 fully saturated rings. The molecule has 1 N–H and O–H groups in total. The largest absolute Gasteiger partial charge is 0.508 e. The molecule has 2 aromatic carbocycles. The molecule has 7 atom stereocenters. The Bertz CT molecular complexity index is 1160. The van der Waals surface area contributed by atoms with Gasteiger partial charge < -0.3 is 9.84 Å². The third kappa shape index (κ3) is 3.70. The monoisotopic (exact) mass is 485 g/mol. The zero-order valence-electron chi connectivity index (χ0n) is 21.5. The van der Waals surface area contributed by atoms with Gasteiger partial charge in [0.05, 0.1) is 0 Å². The molecule has 0 amide bonds. The maximum absolute atomic E-state index is 13.2. The Labute approximate surface area is 215 Å². The maximum atomic E-state index is 13.2. The highest BCUT2D eigenvalue weighted by molar-refractivity contribution is 5.99. The molecule has 2 aromatic rings. The van der Waals surface area contributed by atoms with E-state index >= 15 is 0 Å². The van der Waals surface area contributed by atoms with Crippen molar-refractivity contribution in [1.82, 2.24) is 4.90 Å². The van der Waals surface area contributed by atoms with Gasteiger partial charge in [-0.15, -0.1) is 0 Å². The van der Waals surface area contributed by atoms with Crippen molar-refractivity contribution >= 4 is 5.78 Å². The van der Waals surface area contributed by atoms with Crippen LogP contribution in [-0.4, -0.2) is 41.5 Å². The van der Waals surface area contributed by atoms with E-state index in [1.54, 1.807) is 12.1 Å². The first kappa shape index (κ1) is 22.8. The molecule has 0 aromatic heterocycles. The summed E-state index contributed by atoms with van der Waals surface area (Å²) in [5, 5.41) is 10.1. The van der Waals surface area contributed by atoms with E-state index in [0.29, 0.717) is 35.5 Å². The van der Waals surface area contributed by atoms with Gasteiger partial charge in [0.25, 0.3) is 0 Å². The number of carbonyl (C=O) groups excluding carboxylic acids is 1. The van der Waals surface area contributed by atoms with Crippen LogP contribution in [0.15, 0.2) is 42.5 Å². The molecule has 2 unspecified atom stereocenters. The number of likely N-dealkylation sites (tertiary alicyclic amines) is 1. The number of hydrogen-bond acceptors (Lipinski definition) is 4. The molecule has 4 aliphatic carbocycles. The van der Waals surface area contributed by atoms with Crippen LogP contribution in [0.5, 0.6) is 11.5 Å². The fourth-order valence-corrected chi connectivity index (χ4v) is 9.26. The van der Waals surface area contributed by atoms with E-state index in [2.05, 4.69) is 36.1 Å². The minimum atomic E-state index is 0.196. The van der Waals surface area contributed by atoms with Crippen LogP contribution in [0.25, 0.3) is 0 Å². The number of ketones is 1. The van der Waals surface area contributed by atoms with Crippen LogP contribution in [0.3, 0.4) is 0 Å². The SMILES string of the molecule is C[C@@]12CCC[C@H]1[C@@H]1CC(=O)c3cc(O)ccc3[C@H]1[C@@H](c1ccc(OCCN3CC4CCC3C4)cc1)C2. The number of aromatic hydroxyl groups is 1. The molecule has 4 heteroatoms. The molecule has 1 aliphatic heterocycles. The molecule has 7 rings (SSSR count). The number of nitrogens with zero attached hydrogens (tertiary/aromatic N) is 1. The van der Waals surface area contributed by atoms with Crippen LogP contribution < -0.4 is 4.74 Å². The minimum Gasteiger partial charge on any atom is -0.508 e. The highest BCUT2D eigenvalue weighted by atomic mass is 16.5. The smallest absolute Gasteiger partial charge is 0.163 e. The predicted molar refractivity (Wildman–Crippen MR) is 141 cm³/mol. The average Bonchev–Trinajstić information content (AvgIpc) is 3.60. The Kier molecular flexibility index (Phi) is 5.47. The number of ether oxygens (including phenoxy) is 1. The lowest BCUT2D eigenvalue weighted by Gasteiger charge is -2.53. The lowest BCUT2D eigenvalue weighted by atomic mass is 9.51. The first-order valence-corrected chi connectivity index (χ1v) is 14.3. The first-order chi connectivity index (χ1) is 17.5. The second-order valence-electron chi connectivity index (χ2n) is 12.8. The van der Waals surface area contributed by atoms with E-state index in [1.807, 2.05) is 6.07 Å². The quantitative estimate of drug-likeness (QED) is 0.523. The van der Waals surface area contributed by atoms with Crippen LogP contribution in [-0.2, 0) is 0 Å². The van der Waals surface area contributed by atoms with E-state index in [4.69, 9.17) is 4.74 Å². The second-order valence-corrected chi connectivity index (χ2v) is 12.8. The summed E-state index contributed by atoms with van der Waals surface area (Å²) in [5.41, 5.74) is 3.59. The zero-order valence-corrected chi connectivity index (χ0v) is 21.5. The van der Waals surface area contributed by atoms with Crippen LogP contribution >= 0.6 is 0 Å². The molecule has 1 saturated heterocycles. The number of carbonyl (C=O) groups is 1. The molecule has 190 valence electrons. The number of rotatable bonds is 5. The maximum Gasteiger partial charge on any atom is 0.163 e. The Morgan fingerprint density at radius 1 is 1.11 bits per heavy atom. The van der Waals surface area contributed by atoms with Gasteiger partial charge in [-0.3, -0.25) is 9.69 Å². The minimum absolute atomic E-state index is 0.196.